The van der Waals surface area contributed by atoms with Crippen molar-refractivity contribution < 1.29 is 78.9 Å². The number of ketones is 1. The summed E-state index contributed by atoms with van der Waals surface area (Å²) >= 11 is 0. The normalized spacial score (nSPS) is 28.7. The van der Waals surface area contributed by atoms with E-state index in [1.54, 1.807) is 0 Å². The van der Waals surface area contributed by atoms with E-state index < -0.39 is 91.2 Å². The van der Waals surface area contributed by atoms with Crippen LogP contribution in [0.1, 0.15) is 226 Å². The highest BCUT2D eigenvalue weighted by Gasteiger charge is 2.82. The lowest BCUT2D eigenvalue weighted by molar-refractivity contribution is -0.525. The van der Waals surface area contributed by atoms with Gasteiger partial charge in [0.25, 0.3) is 0 Å². The van der Waals surface area contributed by atoms with Crippen molar-refractivity contribution >= 4 is 17.7 Å². The fraction of sp³-hybridized carbons (Fsp3) is 0.940. The Labute approximate surface area is 395 Å². The van der Waals surface area contributed by atoms with E-state index in [1.165, 1.54) is 109 Å². The molecule has 0 bridgehead atoms. The molecule has 2 aliphatic heterocycles. The van der Waals surface area contributed by atoms with Gasteiger partial charge in [0.2, 0.25) is 5.79 Å². The molecule has 0 aromatic heterocycles. The number of carbonyl (C=O) groups excluding carboxylic acids is 3. The van der Waals surface area contributed by atoms with Gasteiger partial charge in [0.15, 0.2) is 11.9 Å². The highest BCUT2D eigenvalue weighted by molar-refractivity contribution is 5.86. The molecule has 2 fully saturated rings. The summed E-state index contributed by atoms with van der Waals surface area (Å²) in [6.45, 7) is 1.68. The van der Waals surface area contributed by atoms with Crippen molar-refractivity contribution in [1.29, 1.82) is 0 Å². The van der Waals surface area contributed by atoms with Gasteiger partial charge in [-0.15, -0.1) is 0 Å². The number of rotatable bonds is 40. The molecule has 2 aliphatic rings. The summed E-state index contributed by atoms with van der Waals surface area (Å²) in [5.74, 6) is -18.2. The minimum atomic E-state index is -4.00. The summed E-state index contributed by atoms with van der Waals surface area (Å²) < 4.78 is 27.7. The number of carbonyl (C=O) groups is 3. The summed E-state index contributed by atoms with van der Waals surface area (Å²) in [5, 5.41) is 88.5. The first-order chi connectivity index (χ1) is 31.7. The maximum Gasteiger partial charge on any atom is 0.342 e. The van der Waals surface area contributed by atoms with Gasteiger partial charge >= 0.3 is 29.3 Å². The monoisotopic (exact) mass is 949 g/mol. The number of Topliss-reactive ketones (excluding diaryl/α,β-unsaturated/α-hetero) is 1. The molecule has 66 heavy (non-hydrogen) atoms. The average molecular weight is 949 g/mol. The maximum atomic E-state index is 13.8. The second-order valence-electron chi connectivity index (χ2n) is 19.0. The van der Waals surface area contributed by atoms with E-state index in [9.17, 15) is 55.2 Å². The SMILES string of the molecule is CCCCCCCCCCCCCCCCCC(=O)O[C@]1(O)[C@@](OC2(CO)O[C@H](CO)[C@@H](O)[C@@H]2O)(C(C)=O)O[C@H](CO)[C@@H](O)[C@@]1(O)OC(=O)CCCCCCCCCCCCCCCCC. The summed E-state index contributed by atoms with van der Waals surface area (Å²) in [5.41, 5.74) is 0. The van der Waals surface area contributed by atoms with Crippen molar-refractivity contribution in [2.75, 3.05) is 19.8 Å². The lowest BCUT2D eigenvalue weighted by Gasteiger charge is -2.57. The maximum absolute atomic E-state index is 13.8. The number of hydrogen-bond acceptors (Lipinski definition) is 16. The molecule has 0 radical (unpaired) electrons. The van der Waals surface area contributed by atoms with Crippen molar-refractivity contribution in [3.63, 3.8) is 0 Å². The van der Waals surface area contributed by atoms with Crippen LogP contribution in [-0.2, 0) is 38.1 Å². The van der Waals surface area contributed by atoms with Crippen LogP contribution in [0.3, 0.4) is 0 Å². The summed E-state index contributed by atoms with van der Waals surface area (Å²) in [4.78, 5) is 40.9. The largest absolute Gasteiger partial charge is 0.423 e. The van der Waals surface area contributed by atoms with Gasteiger partial charge in [0, 0.05) is 19.8 Å². The number of aliphatic hydroxyl groups is 8. The predicted octanol–water partition coefficient (Wildman–Crippen LogP) is 6.83. The molecule has 0 aromatic rings. The van der Waals surface area contributed by atoms with Crippen LogP contribution < -0.4 is 0 Å². The zero-order chi connectivity index (χ0) is 48.9. The van der Waals surface area contributed by atoms with Gasteiger partial charge in [0.1, 0.15) is 31.0 Å². The minimum absolute atomic E-state index is 0.244. The molecule has 0 aromatic carbocycles. The number of unbranched alkanes of at least 4 members (excludes halogenated alkanes) is 28. The Balaban J connectivity index is 2.13. The van der Waals surface area contributed by atoms with Gasteiger partial charge in [-0.2, -0.15) is 0 Å². The third-order valence-electron chi connectivity index (χ3n) is 13.4. The molecule has 2 heterocycles. The Morgan fingerprint density at radius 2 is 0.833 bits per heavy atom. The van der Waals surface area contributed by atoms with Crippen LogP contribution in [0, 0.1) is 0 Å². The number of esters is 2. The first kappa shape index (κ1) is 60.3. The molecule has 16 nitrogen and oxygen atoms in total. The summed E-state index contributed by atoms with van der Waals surface area (Å²) in [7, 11) is 0. The Kier molecular flexibility index (Phi) is 30.0. The van der Waals surface area contributed by atoms with E-state index in [-0.39, 0.29) is 25.7 Å². The van der Waals surface area contributed by atoms with Crippen LogP contribution in [0.25, 0.3) is 0 Å². The molecule has 0 saturated carbocycles. The van der Waals surface area contributed by atoms with Crippen molar-refractivity contribution in [2.45, 2.75) is 280 Å². The zero-order valence-corrected chi connectivity index (χ0v) is 41.0. The quantitative estimate of drug-likeness (QED) is 0.0178. The second-order valence-corrected chi connectivity index (χ2v) is 19.0. The Morgan fingerprint density at radius 1 is 0.485 bits per heavy atom. The van der Waals surface area contributed by atoms with Gasteiger partial charge < -0.3 is 64.5 Å². The summed E-state index contributed by atoms with van der Waals surface area (Å²) in [6.07, 6.45) is 21.0. The summed E-state index contributed by atoms with van der Waals surface area (Å²) in [6, 6.07) is 0. The molecule has 388 valence electrons. The molecule has 2 saturated heterocycles. The highest BCUT2D eigenvalue weighted by atomic mass is 16.9. The highest BCUT2D eigenvalue weighted by Crippen LogP contribution is 2.51. The van der Waals surface area contributed by atoms with Crippen LogP contribution in [0.4, 0.5) is 0 Å². The molecule has 8 N–H and O–H groups in total. The molecule has 1 unspecified atom stereocenters. The minimum Gasteiger partial charge on any atom is -0.423 e. The predicted molar refractivity (Wildman–Crippen MR) is 247 cm³/mol. The van der Waals surface area contributed by atoms with Gasteiger partial charge in [-0.1, -0.05) is 194 Å². The van der Waals surface area contributed by atoms with Crippen LogP contribution in [0.5, 0.6) is 0 Å². The van der Waals surface area contributed by atoms with Gasteiger partial charge in [-0.25, -0.2) is 0 Å². The van der Waals surface area contributed by atoms with E-state index in [0.717, 1.165) is 64.7 Å². The Hall–Kier alpha value is -1.83. The van der Waals surface area contributed by atoms with Crippen LogP contribution in [-0.4, -0.2) is 132 Å². The fourth-order valence-electron chi connectivity index (χ4n) is 9.16. The third kappa shape index (κ3) is 18.2. The standard InChI is InChI=1S/C50H92O16/c1-4-6-8-10-12-14-16-18-20-22-24-26-28-30-32-34-42(55)64-48(60)45(58)41(37-52)63-49(39(3)54,66-47(38-53)46(59)44(57)40(36-51)62-47)50(48,61)65-43(56)35-33-31-29-27-25-23-21-19-17-15-13-11-9-7-5-2/h40-41,44-46,51-53,57-61H,4-38H2,1-3H3/t40-,41-,44-,45-,46+,47?,48-,49+,50+/m1/s1. The van der Waals surface area contributed by atoms with Crippen molar-refractivity contribution in [3.05, 3.63) is 0 Å². The second kappa shape index (κ2) is 32.9. The lowest BCUT2D eigenvalue weighted by atomic mass is 9.82. The average Bonchev–Trinajstić information content (AvgIpc) is 3.54. The van der Waals surface area contributed by atoms with E-state index >= 15 is 0 Å². The molecular formula is C50H92O16. The van der Waals surface area contributed by atoms with Gasteiger partial charge in [0.05, 0.1) is 13.2 Å². The smallest absolute Gasteiger partial charge is 0.342 e. The van der Waals surface area contributed by atoms with E-state index in [4.69, 9.17) is 23.7 Å². The Bertz CT molecular complexity index is 1320. The number of ether oxygens (including phenoxy) is 5. The van der Waals surface area contributed by atoms with E-state index in [1.807, 2.05) is 0 Å². The first-order valence-electron chi connectivity index (χ1n) is 26.0. The number of aliphatic hydroxyl groups excluding tert-OH is 6. The van der Waals surface area contributed by atoms with Crippen molar-refractivity contribution in [2.24, 2.45) is 0 Å². The zero-order valence-electron chi connectivity index (χ0n) is 41.0. The van der Waals surface area contributed by atoms with E-state index in [2.05, 4.69) is 13.8 Å². The topological polar surface area (TPSA) is 259 Å². The van der Waals surface area contributed by atoms with Crippen molar-refractivity contribution in [3.8, 4) is 0 Å². The molecule has 0 spiro atoms. The first-order valence-corrected chi connectivity index (χ1v) is 26.0. The molecule has 0 aliphatic carbocycles. The molecule has 2 rings (SSSR count). The number of hydrogen-bond donors (Lipinski definition) is 8. The van der Waals surface area contributed by atoms with Crippen LogP contribution in [0.15, 0.2) is 0 Å². The van der Waals surface area contributed by atoms with Gasteiger partial charge in [-0.3, -0.25) is 14.4 Å². The molecule has 0 amide bonds. The third-order valence-corrected chi connectivity index (χ3v) is 13.4. The molecular weight excluding hydrogens is 857 g/mol. The Morgan fingerprint density at radius 3 is 1.15 bits per heavy atom. The molecule has 16 heteroatoms. The fourth-order valence-corrected chi connectivity index (χ4v) is 9.16. The lowest BCUT2D eigenvalue weighted by Crippen LogP contribution is -2.85. The molecule has 9 atom stereocenters. The van der Waals surface area contributed by atoms with Crippen molar-refractivity contribution in [1.82, 2.24) is 0 Å². The van der Waals surface area contributed by atoms with E-state index in [0.29, 0.717) is 12.8 Å². The van der Waals surface area contributed by atoms with Gasteiger partial charge in [-0.05, 0) is 12.8 Å². The van der Waals surface area contributed by atoms with Crippen LogP contribution >= 0.6 is 0 Å². The van der Waals surface area contributed by atoms with Crippen LogP contribution in [0.2, 0.25) is 0 Å².